The lowest BCUT2D eigenvalue weighted by Crippen LogP contribution is -2.50. The standard InChI is InChI=1S/C27H48/c1-18(2)8-6-9-19(3)24-14-15-25-22-13-12-21-11-7-10-20(4)26(21)23(22)16-17-27(24,25)5/h18-26H,6-17H2,1-5H3/t19-,20-,21?,22-,23+,24?,25+,26?,27-/m1/s1. The zero-order valence-corrected chi connectivity index (χ0v) is 19.2. The van der Waals surface area contributed by atoms with Crippen LogP contribution < -0.4 is 0 Å². The maximum atomic E-state index is 2.75. The highest BCUT2D eigenvalue weighted by molar-refractivity contribution is 5.07. The predicted molar refractivity (Wildman–Crippen MR) is 118 cm³/mol. The molecule has 27 heavy (non-hydrogen) atoms. The highest BCUT2D eigenvalue weighted by Gasteiger charge is 2.57. The van der Waals surface area contributed by atoms with Crippen molar-refractivity contribution in [1.82, 2.24) is 0 Å². The van der Waals surface area contributed by atoms with Crippen LogP contribution in [0, 0.1) is 58.7 Å². The average molecular weight is 373 g/mol. The predicted octanol–water partition coefficient (Wildman–Crippen LogP) is 8.35. The Labute approximate surface area is 170 Å². The first-order valence-electron chi connectivity index (χ1n) is 12.9. The second kappa shape index (κ2) is 8.02. The van der Waals surface area contributed by atoms with E-state index in [1.165, 1.54) is 32.1 Å². The van der Waals surface area contributed by atoms with Gasteiger partial charge in [-0.15, -0.1) is 0 Å². The van der Waals surface area contributed by atoms with Crippen LogP contribution in [0.2, 0.25) is 0 Å². The molecule has 4 rings (SSSR count). The normalized spacial score (nSPS) is 48.0. The number of hydrogen-bond acceptors (Lipinski definition) is 0. The van der Waals surface area contributed by atoms with Crippen LogP contribution in [0.1, 0.15) is 112 Å². The lowest BCUT2D eigenvalue weighted by atomic mass is 9.48. The Kier molecular flexibility index (Phi) is 6.03. The van der Waals surface area contributed by atoms with Gasteiger partial charge in [-0.3, -0.25) is 0 Å². The Morgan fingerprint density at radius 3 is 2.44 bits per heavy atom. The molecule has 156 valence electrons. The van der Waals surface area contributed by atoms with Gasteiger partial charge in [0.1, 0.15) is 0 Å². The van der Waals surface area contributed by atoms with E-state index in [9.17, 15) is 0 Å². The lowest BCUT2D eigenvalue weighted by Gasteiger charge is -2.57. The summed E-state index contributed by atoms with van der Waals surface area (Å²) in [5.74, 6) is 9.36. The van der Waals surface area contributed by atoms with Gasteiger partial charge in [0, 0.05) is 0 Å². The van der Waals surface area contributed by atoms with E-state index in [2.05, 4.69) is 34.6 Å². The van der Waals surface area contributed by atoms with Crippen molar-refractivity contribution < 1.29 is 0 Å². The second-order valence-corrected chi connectivity index (χ2v) is 12.3. The van der Waals surface area contributed by atoms with Crippen molar-refractivity contribution in [1.29, 1.82) is 0 Å². The molecule has 4 saturated carbocycles. The van der Waals surface area contributed by atoms with E-state index in [0.29, 0.717) is 5.41 Å². The van der Waals surface area contributed by atoms with Crippen LogP contribution in [0.4, 0.5) is 0 Å². The highest BCUT2D eigenvalue weighted by atomic mass is 14.6. The van der Waals surface area contributed by atoms with Gasteiger partial charge in [-0.05, 0) is 97.2 Å². The third-order valence-corrected chi connectivity index (χ3v) is 10.5. The molecule has 0 bridgehead atoms. The van der Waals surface area contributed by atoms with Crippen LogP contribution in [0.15, 0.2) is 0 Å². The van der Waals surface area contributed by atoms with Gasteiger partial charge < -0.3 is 0 Å². The largest absolute Gasteiger partial charge is 0.0628 e. The fourth-order valence-electron chi connectivity index (χ4n) is 9.30. The van der Waals surface area contributed by atoms with Crippen molar-refractivity contribution in [3.8, 4) is 0 Å². The van der Waals surface area contributed by atoms with Crippen molar-refractivity contribution in [2.24, 2.45) is 58.7 Å². The lowest BCUT2D eigenvalue weighted by molar-refractivity contribution is -0.0831. The minimum absolute atomic E-state index is 0.684. The van der Waals surface area contributed by atoms with E-state index in [1.54, 1.807) is 44.9 Å². The van der Waals surface area contributed by atoms with Gasteiger partial charge in [0.15, 0.2) is 0 Å². The van der Waals surface area contributed by atoms with Crippen LogP contribution in [0.5, 0.6) is 0 Å². The molecule has 3 unspecified atom stereocenters. The molecule has 4 aliphatic carbocycles. The summed E-state index contributed by atoms with van der Waals surface area (Å²) in [7, 11) is 0. The summed E-state index contributed by atoms with van der Waals surface area (Å²) < 4.78 is 0. The molecule has 0 aliphatic heterocycles. The molecule has 4 fully saturated rings. The van der Waals surface area contributed by atoms with E-state index >= 15 is 0 Å². The molecule has 0 saturated heterocycles. The second-order valence-electron chi connectivity index (χ2n) is 12.3. The molecule has 0 spiro atoms. The van der Waals surface area contributed by atoms with Crippen molar-refractivity contribution >= 4 is 0 Å². The van der Waals surface area contributed by atoms with Gasteiger partial charge in [-0.2, -0.15) is 0 Å². The maximum absolute atomic E-state index is 2.75. The minimum atomic E-state index is 0.684. The monoisotopic (exact) mass is 372 g/mol. The molecule has 0 amide bonds. The molecular weight excluding hydrogens is 324 g/mol. The Bertz CT molecular complexity index is 492. The Morgan fingerprint density at radius 1 is 0.852 bits per heavy atom. The summed E-state index contributed by atoms with van der Waals surface area (Å²) in [4.78, 5) is 0. The molecule has 0 aromatic rings. The van der Waals surface area contributed by atoms with E-state index < -0.39 is 0 Å². The van der Waals surface area contributed by atoms with Crippen LogP contribution in [0.3, 0.4) is 0 Å². The zero-order valence-electron chi connectivity index (χ0n) is 19.2. The molecule has 0 heteroatoms. The van der Waals surface area contributed by atoms with E-state index in [1.807, 2.05) is 0 Å². The number of hydrogen-bond donors (Lipinski definition) is 0. The Balaban J connectivity index is 1.45. The van der Waals surface area contributed by atoms with Crippen LogP contribution in [-0.2, 0) is 0 Å². The first kappa shape index (κ1) is 20.3. The third-order valence-electron chi connectivity index (χ3n) is 10.5. The van der Waals surface area contributed by atoms with E-state index in [-0.39, 0.29) is 0 Å². The fraction of sp³-hybridized carbons (Fsp3) is 1.00. The summed E-state index contributed by atoms with van der Waals surface area (Å²) in [6.07, 6.45) is 18.4. The third kappa shape index (κ3) is 3.66. The molecular formula is C27H48. The Morgan fingerprint density at radius 2 is 1.67 bits per heavy atom. The van der Waals surface area contributed by atoms with Crippen molar-refractivity contribution in [3.63, 3.8) is 0 Å². The highest BCUT2D eigenvalue weighted by Crippen LogP contribution is 2.66. The molecule has 0 nitrogen and oxygen atoms in total. The van der Waals surface area contributed by atoms with Gasteiger partial charge in [0.05, 0.1) is 0 Å². The van der Waals surface area contributed by atoms with Gasteiger partial charge in [0.2, 0.25) is 0 Å². The molecule has 4 aliphatic rings. The molecule has 0 N–H and O–H groups in total. The fourth-order valence-corrected chi connectivity index (χ4v) is 9.30. The summed E-state index contributed by atoms with van der Waals surface area (Å²) in [5, 5.41) is 0. The summed E-state index contributed by atoms with van der Waals surface area (Å²) >= 11 is 0. The van der Waals surface area contributed by atoms with Crippen molar-refractivity contribution in [2.75, 3.05) is 0 Å². The number of rotatable bonds is 5. The minimum Gasteiger partial charge on any atom is -0.0628 e. The quantitative estimate of drug-likeness (QED) is 0.455. The van der Waals surface area contributed by atoms with Crippen molar-refractivity contribution in [2.45, 2.75) is 112 Å². The summed E-state index contributed by atoms with van der Waals surface area (Å²) in [5.41, 5.74) is 0.684. The number of fused-ring (bicyclic) bond motifs is 5. The molecule has 0 heterocycles. The van der Waals surface area contributed by atoms with E-state index in [0.717, 1.165) is 53.3 Å². The Hall–Kier alpha value is 0. The van der Waals surface area contributed by atoms with Crippen molar-refractivity contribution in [3.05, 3.63) is 0 Å². The zero-order chi connectivity index (χ0) is 19.2. The van der Waals surface area contributed by atoms with Crippen LogP contribution in [0.25, 0.3) is 0 Å². The maximum Gasteiger partial charge on any atom is -0.0264 e. The topological polar surface area (TPSA) is 0 Å². The van der Waals surface area contributed by atoms with Gasteiger partial charge in [-0.1, -0.05) is 73.1 Å². The van der Waals surface area contributed by atoms with Crippen LogP contribution >= 0.6 is 0 Å². The molecule has 0 aromatic carbocycles. The van der Waals surface area contributed by atoms with Gasteiger partial charge >= 0.3 is 0 Å². The molecule has 0 radical (unpaired) electrons. The van der Waals surface area contributed by atoms with E-state index in [4.69, 9.17) is 0 Å². The van der Waals surface area contributed by atoms with Crippen LogP contribution in [-0.4, -0.2) is 0 Å². The van der Waals surface area contributed by atoms with Gasteiger partial charge in [0.25, 0.3) is 0 Å². The summed E-state index contributed by atoms with van der Waals surface area (Å²) in [6, 6.07) is 0. The molecule has 0 aromatic heterocycles. The first-order valence-corrected chi connectivity index (χ1v) is 12.9. The average Bonchev–Trinajstić information content (AvgIpc) is 2.98. The molecule has 9 atom stereocenters. The smallest absolute Gasteiger partial charge is 0.0264 e. The SMILES string of the molecule is CC(C)CCC[C@@H](C)C1CC[C@H]2[C@@H]3CCC4CCC[C@@H](C)C4[C@H]3CC[C@]12C. The van der Waals surface area contributed by atoms with Gasteiger partial charge in [-0.25, -0.2) is 0 Å². The summed E-state index contributed by atoms with van der Waals surface area (Å²) in [6.45, 7) is 12.8. The first-order chi connectivity index (χ1) is 12.9.